The fraction of sp³-hybridized carbons (Fsp3) is 0.500. The molecule has 7 heteroatoms. The third-order valence-corrected chi connectivity index (χ3v) is 4.35. The number of nitriles is 1. The standard InChI is InChI=1S/C10H12N4O2S/c11-6-9-7-13-10(8-12-9)14-2-1-4-17(15,16)5-3-14/h7-8H,1-5H2. The molecule has 6 nitrogen and oxygen atoms in total. The highest BCUT2D eigenvalue weighted by atomic mass is 32.2. The van der Waals surface area contributed by atoms with Crippen LogP contribution in [0.2, 0.25) is 0 Å². The van der Waals surface area contributed by atoms with Gasteiger partial charge in [-0.3, -0.25) is 0 Å². The van der Waals surface area contributed by atoms with Crippen molar-refractivity contribution in [2.24, 2.45) is 0 Å². The Bertz CT molecular complexity index is 532. The normalized spacial score (nSPS) is 19.4. The van der Waals surface area contributed by atoms with Crippen LogP contribution in [0.1, 0.15) is 12.1 Å². The number of hydrogen-bond acceptors (Lipinski definition) is 6. The van der Waals surface area contributed by atoms with E-state index >= 15 is 0 Å². The molecule has 1 aliphatic rings. The van der Waals surface area contributed by atoms with Crippen LogP contribution in [0.25, 0.3) is 0 Å². The van der Waals surface area contributed by atoms with E-state index < -0.39 is 9.84 Å². The fourth-order valence-electron chi connectivity index (χ4n) is 1.71. The third kappa shape index (κ3) is 2.91. The van der Waals surface area contributed by atoms with Gasteiger partial charge in [0.05, 0.1) is 23.9 Å². The Kier molecular flexibility index (Phi) is 3.24. The topological polar surface area (TPSA) is 87.0 Å². The quantitative estimate of drug-likeness (QED) is 0.697. The Balaban J connectivity index is 2.14. The van der Waals surface area contributed by atoms with Gasteiger partial charge < -0.3 is 4.90 Å². The van der Waals surface area contributed by atoms with Crippen LogP contribution in [0.4, 0.5) is 5.82 Å². The first kappa shape index (κ1) is 11.8. The Morgan fingerprint density at radius 1 is 1.24 bits per heavy atom. The average Bonchev–Trinajstić information content (AvgIpc) is 2.50. The largest absolute Gasteiger partial charge is 0.354 e. The van der Waals surface area contributed by atoms with E-state index in [4.69, 9.17) is 5.26 Å². The number of nitrogens with zero attached hydrogens (tertiary/aromatic N) is 4. The molecule has 1 fully saturated rings. The van der Waals surface area contributed by atoms with Crippen molar-refractivity contribution >= 4 is 15.7 Å². The molecule has 90 valence electrons. The summed E-state index contributed by atoms with van der Waals surface area (Å²) >= 11 is 0. The Hall–Kier alpha value is -1.68. The van der Waals surface area contributed by atoms with Crippen LogP contribution in [0.3, 0.4) is 0 Å². The van der Waals surface area contributed by atoms with E-state index in [0.29, 0.717) is 25.3 Å². The molecule has 2 heterocycles. The van der Waals surface area contributed by atoms with Crippen molar-refractivity contribution in [2.45, 2.75) is 6.42 Å². The third-order valence-electron chi connectivity index (χ3n) is 2.63. The zero-order valence-electron chi connectivity index (χ0n) is 9.20. The molecular formula is C10H12N4O2S. The summed E-state index contributed by atoms with van der Waals surface area (Å²) < 4.78 is 22.9. The van der Waals surface area contributed by atoms with Gasteiger partial charge in [-0.1, -0.05) is 0 Å². The highest BCUT2D eigenvalue weighted by Gasteiger charge is 2.19. The molecule has 1 saturated heterocycles. The maximum Gasteiger partial charge on any atom is 0.158 e. The summed E-state index contributed by atoms with van der Waals surface area (Å²) in [4.78, 5) is 9.92. The summed E-state index contributed by atoms with van der Waals surface area (Å²) in [6.07, 6.45) is 3.51. The van der Waals surface area contributed by atoms with E-state index in [-0.39, 0.29) is 17.2 Å². The lowest BCUT2D eigenvalue weighted by Crippen LogP contribution is -2.27. The molecule has 1 aliphatic heterocycles. The van der Waals surface area contributed by atoms with Crippen molar-refractivity contribution in [3.63, 3.8) is 0 Å². The lowest BCUT2D eigenvalue weighted by atomic mass is 10.4. The summed E-state index contributed by atoms with van der Waals surface area (Å²) in [6.45, 7) is 1.09. The van der Waals surface area contributed by atoms with Gasteiger partial charge >= 0.3 is 0 Å². The van der Waals surface area contributed by atoms with Crippen molar-refractivity contribution in [2.75, 3.05) is 29.5 Å². The first-order chi connectivity index (χ1) is 8.11. The van der Waals surface area contributed by atoms with Crippen molar-refractivity contribution in [1.82, 2.24) is 9.97 Å². The molecule has 0 saturated carbocycles. The zero-order chi connectivity index (χ0) is 12.3. The lowest BCUT2D eigenvalue weighted by molar-refractivity contribution is 0.597. The monoisotopic (exact) mass is 252 g/mol. The predicted octanol–water partition coefficient (Wildman–Crippen LogP) is -0.0268. The van der Waals surface area contributed by atoms with Gasteiger partial charge in [0.25, 0.3) is 0 Å². The number of hydrogen-bond donors (Lipinski definition) is 0. The van der Waals surface area contributed by atoms with Crippen LogP contribution in [-0.4, -0.2) is 43.0 Å². The molecule has 0 radical (unpaired) electrons. The van der Waals surface area contributed by atoms with E-state index in [1.54, 1.807) is 0 Å². The molecule has 0 unspecified atom stereocenters. The van der Waals surface area contributed by atoms with E-state index in [1.165, 1.54) is 12.4 Å². The average molecular weight is 252 g/mol. The van der Waals surface area contributed by atoms with Gasteiger partial charge in [0.2, 0.25) is 0 Å². The first-order valence-corrected chi connectivity index (χ1v) is 7.10. The zero-order valence-corrected chi connectivity index (χ0v) is 10.0. The van der Waals surface area contributed by atoms with Crippen LogP contribution in [0, 0.1) is 11.3 Å². The maximum absolute atomic E-state index is 11.4. The van der Waals surface area contributed by atoms with Gasteiger partial charge in [-0.25, -0.2) is 18.4 Å². The highest BCUT2D eigenvalue weighted by Crippen LogP contribution is 2.13. The van der Waals surface area contributed by atoms with Gasteiger partial charge in [0.15, 0.2) is 15.5 Å². The SMILES string of the molecule is N#Cc1cnc(N2CCCS(=O)(=O)CC2)cn1. The molecule has 1 aromatic rings. The Labute approximate surface area is 99.8 Å². The second-order valence-electron chi connectivity index (χ2n) is 3.86. The fourth-order valence-corrected chi connectivity index (χ4v) is 2.98. The van der Waals surface area contributed by atoms with Crippen LogP contribution in [0.15, 0.2) is 12.4 Å². The van der Waals surface area contributed by atoms with Gasteiger partial charge in [0.1, 0.15) is 11.9 Å². The van der Waals surface area contributed by atoms with Crippen LogP contribution in [0.5, 0.6) is 0 Å². The molecular weight excluding hydrogens is 240 g/mol. The van der Waals surface area contributed by atoms with Crippen molar-refractivity contribution in [3.8, 4) is 6.07 Å². The minimum Gasteiger partial charge on any atom is -0.354 e. The molecule has 0 bridgehead atoms. The highest BCUT2D eigenvalue weighted by molar-refractivity contribution is 7.91. The molecule has 2 rings (SSSR count). The molecule has 0 aromatic carbocycles. The van der Waals surface area contributed by atoms with Crippen LogP contribution >= 0.6 is 0 Å². The first-order valence-electron chi connectivity index (χ1n) is 5.28. The van der Waals surface area contributed by atoms with E-state index in [2.05, 4.69) is 9.97 Å². The Morgan fingerprint density at radius 2 is 2.06 bits per heavy atom. The van der Waals surface area contributed by atoms with Gasteiger partial charge in [-0.2, -0.15) is 5.26 Å². The van der Waals surface area contributed by atoms with Crippen molar-refractivity contribution in [1.29, 1.82) is 5.26 Å². The second kappa shape index (κ2) is 4.67. The number of sulfone groups is 1. The summed E-state index contributed by atoms with van der Waals surface area (Å²) in [5, 5.41) is 8.61. The maximum atomic E-state index is 11.4. The van der Waals surface area contributed by atoms with E-state index in [0.717, 1.165) is 0 Å². The van der Waals surface area contributed by atoms with Gasteiger partial charge in [-0.15, -0.1) is 0 Å². The minimum absolute atomic E-state index is 0.148. The van der Waals surface area contributed by atoms with E-state index in [9.17, 15) is 8.42 Å². The van der Waals surface area contributed by atoms with Crippen LogP contribution < -0.4 is 4.90 Å². The predicted molar refractivity (Wildman–Crippen MR) is 62.2 cm³/mol. The second-order valence-corrected chi connectivity index (χ2v) is 6.17. The summed E-state index contributed by atoms with van der Waals surface area (Å²) in [7, 11) is -2.92. The molecule has 17 heavy (non-hydrogen) atoms. The minimum atomic E-state index is -2.92. The molecule has 0 N–H and O–H groups in total. The van der Waals surface area contributed by atoms with Gasteiger partial charge in [-0.05, 0) is 6.42 Å². The molecule has 0 atom stereocenters. The van der Waals surface area contributed by atoms with E-state index in [1.807, 2.05) is 11.0 Å². The molecule has 1 aromatic heterocycles. The smallest absolute Gasteiger partial charge is 0.158 e. The molecule has 0 aliphatic carbocycles. The number of aromatic nitrogens is 2. The molecule has 0 amide bonds. The molecule has 0 spiro atoms. The van der Waals surface area contributed by atoms with Crippen molar-refractivity contribution in [3.05, 3.63) is 18.1 Å². The Morgan fingerprint density at radius 3 is 2.71 bits per heavy atom. The van der Waals surface area contributed by atoms with Crippen molar-refractivity contribution < 1.29 is 8.42 Å². The summed E-state index contributed by atoms with van der Waals surface area (Å²) in [5.74, 6) is 1.00. The summed E-state index contributed by atoms with van der Waals surface area (Å²) in [6, 6.07) is 1.89. The summed E-state index contributed by atoms with van der Waals surface area (Å²) in [5.41, 5.74) is 0.260. The van der Waals surface area contributed by atoms with Gasteiger partial charge in [0, 0.05) is 13.1 Å². The van der Waals surface area contributed by atoms with Crippen LogP contribution in [-0.2, 0) is 9.84 Å². The number of rotatable bonds is 1. The number of anilines is 1. The lowest BCUT2D eigenvalue weighted by Gasteiger charge is -2.19.